The van der Waals surface area contributed by atoms with Crippen molar-refractivity contribution in [3.8, 4) is 0 Å². The standard InChI is InChI=1S/C45H29ClN4/c46-28-33-27-40-43(31-17-9-3-10-18-31)38-24-23-36(48-38)41(29-13-5-1-6-14-29)34-21-22-35(47-34)42(30-15-7-2-8-16-30)37-25-26-39(49-37)44(45(33)50-40)32-19-11-4-12-20-32/h1-27H,28H2. The van der Waals surface area contributed by atoms with Crippen LogP contribution in [0.25, 0.3) is 22.3 Å². The third kappa shape index (κ3) is 5.27. The van der Waals surface area contributed by atoms with E-state index in [0.29, 0.717) is 5.88 Å². The summed E-state index contributed by atoms with van der Waals surface area (Å²) in [6, 6.07) is 41.4. The molecule has 5 heterocycles. The summed E-state index contributed by atoms with van der Waals surface area (Å²) < 4.78 is 0. The van der Waals surface area contributed by atoms with Gasteiger partial charge in [0.25, 0.3) is 0 Å². The van der Waals surface area contributed by atoms with E-state index in [1.165, 1.54) is 0 Å². The van der Waals surface area contributed by atoms with E-state index < -0.39 is 0 Å². The van der Waals surface area contributed by atoms with Crippen LogP contribution in [0, 0.1) is 0 Å². The number of alkyl halides is 1. The van der Waals surface area contributed by atoms with Gasteiger partial charge in [0.2, 0.25) is 0 Å². The molecule has 4 aromatic rings. The largest absolute Gasteiger partial charge is 0.248 e. The molecule has 5 aliphatic rings. The van der Waals surface area contributed by atoms with Crippen molar-refractivity contribution in [3.63, 3.8) is 0 Å². The van der Waals surface area contributed by atoms with Crippen molar-refractivity contribution >= 4 is 56.7 Å². The molecule has 50 heavy (non-hydrogen) atoms. The lowest BCUT2D eigenvalue weighted by Gasteiger charge is -2.13. The molecule has 5 heteroatoms. The Labute approximate surface area is 296 Å². The quantitative estimate of drug-likeness (QED) is 0.191. The van der Waals surface area contributed by atoms with Gasteiger partial charge in [0, 0.05) is 28.2 Å². The van der Waals surface area contributed by atoms with Gasteiger partial charge in [-0.25, -0.2) is 20.0 Å². The number of allylic oxidation sites excluding steroid dienone is 12. The highest BCUT2D eigenvalue weighted by Gasteiger charge is 2.29. The number of hydrogen-bond donors (Lipinski definition) is 0. The van der Waals surface area contributed by atoms with Crippen molar-refractivity contribution in [2.24, 2.45) is 20.0 Å². The lowest BCUT2D eigenvalue weighted by atomic mass is 9.96. The monoisotopic (exact) mass is 660 g/mol. The molecule has 0 fully saturated rings. The number of rotatable bonds is 5. The van der Waals surface area contributed by atoms with E-state index in [0.717, 1.165) is 95.8 Å². The molecule has 236 valence electrons. The highest BCUT2D eigenvalue weighted by Crippen LogP contribution is 2.40. The van der Waals surface area contributed by atoms with Crippen molar-refractivity contribution in [2.45, 2.75) is 0 Å². The molecule has 0 aromatic heterocycles. The van der Waals surface area contributed by atoms with E-state index in [1.807, 2.05) is 48.5 Å². The first kappa shape index (κ1) is 29.9. The molecule has 8 bridgehead atoms. The Morgan fingerprint density at radius 3 is 1.08 bits per heavy atom. The third-order valence-corrected chi connectivity index (χ3v) is 9.48. The van der Waals surface area contributed by atoms with Crippen molar-refractivity contribution < 1.29 is 0 Å². The summed E-state index contributed by atoms with van der Waals surface area (Å²) in [4.78, 5) is 21.4. The molecule has 0 saturated carbocycles. The van der Waals surface area contributed by atoms with Crippen LogP contribution in [0.4, 0.5) is 0 Å². The first-order chi connectivity index (χ1) is 24.7. The van der Waals surface area contributed by atoms with Crippen LogP contribution in [0.5, 0.6) is 0 Å². The van der Waals surface area contributed by atoms with Gasteiger partial charge in [-0.2, -0.15) is 0 Å². The first-order valence-corrected chi connectivity index (χ1v) is 17.1. The van der Waals surface area contributed by atoms with E-state index in [4.69, 9.17) is 31.6 Å². The van der Waals surface area contributed by atoms with Crippen molar-refractivity contribution in [2.75, 3.05) is 5.88 Å². The van der Waals surface area contributed by atoms with Gasteiger partial charge in [-0.15, -0.1) is 11.6 Å². The van der Waals surface area contributed by atoms with Gasteiger partial charge in [-0.1, -0.05) is 121 Å². The lowest BCUT2D eigenvalue weighted by Crippen LogP contribution is -2.04. The molecule has 0 unspecified atom stereocenters. The second kappa shape index (κ2) is 12.7. The van der Waals surface area contributed by atoms with E-state index >= 15 is 0 Å². The molecule has 4 nitrogen and oxygen atoms in total. The van der Waals surface area contributed by atoms with Gasteiger partial charge in [-0.3, -0.25) is 0 Å². The van der Waals surface area contributed by atoms with Crippen LogP contribution in [0.1, 0.15) is 22.3 Å². The molecule has 0 spiro atoms. The zero-order valence-corrected chi connectivity index (χ0v) is 27.7. The normalized spacial score (nSPS) is 17.8. The number of aliphatic imine (C=N–C) groups is 4. The molecular weight excluding hydrogens is 632 g/mol. The van der Waals surface area contributed by atoms with Crippen molar-refractivity contribution in [3.05, 3.63) is 214 Å². The molecule has 0 aliphatic carbocycles. The number of benzene rings is 4. The Morgan fingerprint density at radius 2 is 0.700 bits per heavy atom. The second-order valence-corrected chi connectivity index (χ2v) is 12.5. The Hall–Kier alpha value is -6.23. The summed E-state index contributed by atoms with van der Waals surface area (Å²) in [5.41, 5.74) is 15.5. The summed E-state index contributed by atoms with van der Waals surface area (Å²) in [6.07, 6.45) is 14.7. The SMILES string of the molecule is ClCC1=CC2=NC1=C(c1ccccc1)C1=NC(=C(c3ccccc3)C3=NC(=C(c4ccccc4)C4=NC(=C2c2ccccc2)C=C4)C=C3)C=C1. The van der Waals surface area contributed by atoms with Gasteiger partial charge in [0.1, 0.15) is 0 Å². The summed E-state index contributed by atoms with van der Waals surface area (Å²) in [6.45, 7) is 0. The Morgan fingerprint density at radius 1 is 0.360 bits per heavy atom. The van der Waals surface area contributed by atoms with Crippen LogP contribution >= 0.6 is 11.6 Å². The highest BCUT2D eigenvalue weighted by atomic mass is 35.5. The predicted molar refractivity (Wildman–Crippen MR) is 209 cm³/mol. The number of halogens is 1. The van der Waals surface area contributed by atoms with Crippen molar-refractivity contribution in [1.82, 2.24) is 0 Å². The summed E-state index contributed by atoms with van der Waals surface area (Å²) >= 11 is 6.75. The minimum absolute atomic E-state index is 0.293. The molecule has 9 rings (SSSR count). The molecule has 0 atom stereocenters. The molecule has 5 aliphatic heterocycles. The average Bonchev–Trinajstić information content (AvgIpc) is 4.00. The van der Waals surface area contributed by atoms with E-state index in [1.54, 1.807) is 0 Å². The maximum absolute atomic E-state index is 6.75. The second-order valence-electron chi connectivity index (χ2n) is 12.3. The van der Waals surface area contributed by atoms with Gasteiger partial charge < -0.3 is 0 Å². The molecule has 0 radical (unpaired) electrons. The zero-order chi connectivity index (χ0) is 33.4. The van der Waals surface area contributed by atoms with Crippen LogP contribution in [-0.4, -0.2) is 28.7 Å². The topological polar surface area (TPSA) is 49.4 Å². The van der Waals surface area contributed by atoms with Crippen LogP contribution in [0.3, 0.4) is 0 Å². The van der Waals surface area contributed by atoms with Gasteiger partial charge in [0.15, 0.2) is 0 Å². The van der Waals surface area contributed by atoms with Crippen LogP contribution < -0.4 is 0 Å². The molecule has 4 aromatic carbocycles. The van der Waals surface area contributed by atoms with E-state index in [9.17, 15) is 0 Å². The van der Waals surface area contributed by atoms with Gasteiger partial charge in [-0.05, 0) is 70.4 Å². The highest BCUT2D eigenvalue weighted by molar-refractivity contribution is 6.40. The third-order valence-electron chi connectivity index (χ3n) is 9.19. The molecule has 0 saturated heterocycles. The van der Waals surface area contributed by atoms with Crippen molar-refractivity contribution in [1.29, 1.82) is 0 Å². The predicted octanol–water partition coefficient (Wildman–Crippen LogP) is 10.3. The maximum atomic E-state index is 6.75. The Balaban J connectivity index is 1.40. The Kier molecular flexibility index (Phi) is 7.57. The van der Waals surface area contributed by atoms with Crippen LogP contribution in [-0.2, 0) is 0 Å². The van der Waals surface area contributed by atoms with E-state index in [-0.39, 0.29) is 0 Å². The zero-order valence-electron chi connectivity index (χ0n) is 27.0. The maximum Gasteiger partial charge on any atom is 0.0782 e. The van der Waals surface area contributed by atoms with Crippen LogP contribution in [0.2, 0.25) is 0 Å². The minimum Gasteiger partial charge on any atom is -0.248 e. The van der Waals surface area contributed by atoms with Gasteiger partial charge in [0.05, 0.1) is 45.6 Å². The number of fused-ring (bicyclic) bond motifs is 4. The summed E-state index contributed by atoms with van der Waals surface area (Å²) in [5.74, 6) is 0.293. The molecule has 0 amide bonds. The fraction of sp³-hybridized carbons (Fsp3) is 0.0222. The number of hydrogen-bond acceptors (Lipinski definition) is 4. The summed E-state index contributed by atoms with van der Waals surface area (Å²) in [7, 11) is 0. The Bertz CT molecular complexity index is 2450. The fourth-order valence-electron chi connectivity index (χ4n) is 6.93. The molecular formula is C45H29ClN4. The minimum atomic E-state index is 0.293. The first-order valence-electron chi connectivity index (χ1n) is 16.6. The number of nitrogens with zero attached hydrogens (tertiary/aromatic N) is 4. The smallest absolute Gasteiger partial charge is 0.0782 e. The van der Waals surface area contributed by atoms with E-state index in [2.05, 4.69) is 115 Å². The van der Waals surface area contributed by atoms with Crippen LogP contribution in [0.15, 0.2) is 212 Å². The van der Waals surface area contributed by atoms with Gasteiger partial charge >= 0.3 is 0 Å². The lowest BCUT2D eigenvalue weighted by molar-refractivity contribution is 1.34. The fourth-order valence-corrected chi connectivity index (χ4v) is 7.14. The molecule has 0 N–H and O–H groups in total. The summed E-state index contributed by atoms with van der Waals surface area (Å²) in [5, 5.41) is 0. The average molecular weight is 661 g/mol.